The zero-order valence-electron chi connectivity index (χ0n) is 13.4. The molecule has 1 fully saturated rings. The molecule has 126 valence electrons. The van der Waals surface area contributed by atoms with Gasteiger partial charge in [-0.1, -0.05) is 0 Å². The Morgan fingerprint density at radius 1 is 1.33 bits per heavy atom. The van der Waals surface area contributed by atoms with E-state index in [1.54, 1.807) is 12.5 Å². The first-order valence-electron chi connectivity index (χ1n) is 8.33. The summed E-state index contributed by atoms with van der Waals surface area (Å²) in [5, 5.41) is 17.2. The molecule has 0 spiro atoms. The van der Waals surface area contributed by atoms with Gasteiger partial charge in [0.15, 0.2) is 5.76 Å². The lowest BCUT2D eigenvalue weighted by atomic mass is 10.1. The zero-order valence-corrected chi connectivity index (χ0v) is 13.4. The van der Waals surface area contributed by atoms with Crippen molar-refractivity contribution in [2.24, 2.45) is 0 Å². The van der Waals surface area contributed by atoms with E-state index in [0.717, 1.165) is 43.1 Å². The fraction of sp³-hybridized carbons (Fsp3) is 0.389. The van der Waals surface area contributed by atoms with Gasteiger partial charge in [0.25, 0.3) is 0 Å². The SMILES string of the molecule is O[C@H](C[C@@H]1CCCN1Cc1ccc(-c2ccn[nH]2)o1)c1ccco1. The molecular weight excluding hydrogens is 306 g/mol. The second kappa shape index (κ2) is 6.67. The number of likely N-dealkylation sites (tertiary alicyclic amines) is 1. The molecule has 0 unspecified atom stereocenters. The molecule has 2 N–H and O–H groups in total. The summed E-state index contributed by atoms with van der Waals surface area (Å²) < 4.78 is 11.2. The highest BCUT2D eigenvalue weighted by Gasteiger charge is 2.28. The number of hydrogen-bond acceptors (Lipinski definition) is 5. The van der Waals surface area contributed by atoms with E-state index in [1.165, 1.54) is 0 Å². The average molecular weight is 327 g/mol. The van der Waals surface area contributed by atoms with Crippen LogP contribution in [0.25, 0.3) is 11.5 Å². The van der Waals surface area contributed by atoms with Gasteiger partial charge in [0, 0.05) is 12.2 Å². The van der Waals surface area contributed by atoms with Crippen molar-refractivity contribution in [3.63, 3.8) is 0 Å². The lowest BCUT2D eigenvalue weighted by molar-refractivity contribution is 0.0972. The van der Waals surface area contributed by atoms with E-state index in [0.29, 0.717) is 18.2 Å². The second-order valence-electron chi connectivity index (χ2n) is 6.27. The molecule has 2 atom stereocenters. The predicted molar refractivity (Wildman–Crippen MR) is 88.0 cm³/mol. The molecule has 6 nitrogen and oxygen atoms in total. The van der Waals surface area contributed by atoms with Crippen LogP contribution in [-0.4, -0.2) is 32.8 Å². The van der Waals surface area contributed by atoms with Crippen molar-refractivity contribution in [2.45, 2.75) is 38.0 Å². The zero-order chi connectivity index (χ0) is 16.4. The van der Waals surface area contributed by atoms with E-state index in [4.69, 9.17) is 8.83 Å². The number of nitrogens with zero attached hydrogens (tertiary/aromatic N) is 2. The number of nitrogens with one attached hydrogen (secondary N) is 1. The smallest absolute Gasteiger partial charge is 0.152 e. The molecule has 3 aromatic rings. The second-order valence-corrected chi connectivity index (χ2v) is 6.27. The summed E-state index contributed by atoms with van der Waals surface area (Å²) in [6, 6.07) is 9.84. The highest BCUT2D eigenvalue weighted by molar-refractivity contribution is 5.51. The Labute approximate surface area is 140 Å². The third kappa shape index (κ3) is 3.16. The largest absolute Gasteiger partial charge is 0.467 e. The monoisotopic (exact) mass is 327 g/mol. The van der Waals surface area contributed by atoms with Gasteiger partial charge >= 0.3 is 0 Å². The van der Waals surface area contributed by atoms with Crippen molar-refractivity contribution < 1.29 is 13.9 Å². The minimum atomic E-state index is -0.553. The van der Waals surface area contributed by atoms with Gasteiger partial charge in [-0.2, -0.15) is 5.10 Å². The molecule has 0 aliphatic carbocycles. The third-order valence-electron chi connectivity index (χ3n) is 4.65. The minimum absolute atomic E-state index is 0.339. The van der Waals surface area contributed by atoms with E-state index >= 15 is 0 Å². The van der Waals surface area contributed by atoms with Crippen LogP contribution in [0.15, 0.2) is 51.6 Å². The molecular formula is C18H21N3O3. The van der Waals surface area contributed by atoms with Crippen molar-refractivity contribution >= 4 is 0 Å². The first-order valence-corrected chi connectivity index (χ1v) is 8.33. The fourth-order valence-electron chi connectivity index (χ4n) is 3.43. The highest BCUT2D eigenvalue weighted by Crippen LogP contribution is 2.29. The number of rotatable bonds is 6. The third-order valence-corrected chi connectivity index (χ3v) is 4.65. The number of aliphatic hydroxyl groups excluding tert-OH is 1. The van der Waals surface area contributed by atoms with Crippen LogP contribution in [0.2, 0.25) is 0 Å². The molecule has 4 heterocycles. The van der Waals surface area contributed by atoms with Crippen LogP contribution in [0.3, 0.4) is 0 Å². The van der Waals surface area contributed by atoms with E-state index < -0.39 is 6.10 Å². The van der Waals surface area contributed by atoms with Gasteiger partial charge in [0.05, 0.1) is 12.8 Å². The lowest BCUT2D eigenvalue weighted by Crippen LogP contribution is -2.30. The molecule has 0 radical (unpaired) electrons. The maximum absolute atomic E-state index is 10.3. The fourth-order valence-corrected chi connectivity index (χ4v) is 3.43. The molecule has 1 saturated heterocycles. The van der Waals surface area contributed by atoms with Crippen LogP contribution in [0, 0.1) is 0 Å². The van der Waals surface area contributed by atoms with Crippen LogP contribution >= 0.6 is 0 Å². The maximum atomic E-state index is 10.3. The molecule has 0 amide bonds. The average Bonchev–Trinajstić information content (AvgIpc) is 3.37. The Kier molecular flexibility index (Phi) is 4.23. The number of hydrogen-bond donors (Lipinski definition) is 2. The van der Waals surface area contributed by atoms with Crippen LogP contribution in [0.1, 0.15) is 36.9 Å². The van der Waals surface area contributed by atoms with E-state index in [2.05, 4.69) is 15.1 Å². The Balaban J connectivity index is 1.40. The van der Waals surface area contributed by atoms with E-state index in [1.807, 2.05) is 30.3 Å². The first kappa shape index (κ1) is 15.2. The van der Waals surface area contributed by atoms with Gasteiger partial charge < -0.3 is 13.9 Å². The van der Waals surface area contributed by atoms with Gasteiger partial charge in [0.1, 0.15) is 23.3 Å². The quantitative estimate of drug-likeness (QED) is 0.726. The Morgan fingerprint density at radius 2 is 2.29 bits per heavy atom. The number of aromatic nitrogens is 2. The topological polar surface area (TPSA) is 78.4 Å². The summed E-state index contributed by atoms with van der Waals surface area (Å²) >= 11 is 0. The predicted octanol–water partition coefficient (Wildman–Crippen LogP) is 3.35. The molecule has 24 heavy (non-hydrogen) atoms. The van der Waals surface area contributed by atoms with Gasteiger partial charge in [0.2, 0.25) is 0 Å². The highest BCUT2D eigenvalue weighted by atomic mass is 16.4. The molecule has 3 aromatic heterocycles. The van der Waals surface area contributed by atoms with Crippen LogP contribution in [-0.2, 0) is 6.54 Å². The summed E-state index contributed by atoms with van der Waals surface area (Å²) in [5.41, 5.74) is 0.882. The standard InChI is InChI=1S/C18H21N3O3/c22-16(18-4-2-10-23-18)11-13-3-1-9-21(13)12-14-5-6-17(24-14)15-7-8-19-20-15/h2,4-8,10,13,16,22H,1,3,9,11-12H2,(H,19,20)/t13-,16+/m0/s1. The maximum Gasteiger partial charge on any atom is 0.152 e. The number of furan rings is 2. The molecule has 0 saturated carbocycles. The summed E-state index contributed by atoms with van der Waals surface area (Å²) in [7, 11) is 0. The normalized spacial score (nSPS) is 19.8. The van der Waals surface area contributed by atoms with Gasteiger partial charge in [-0.05, 0) is 56.1 Å². The number of aromatic amines is 1. The molecule has 0 bridgehead atoms. The Morgan fingerprint density at radius 3 is 3.08 bits per heavy atom. The van der Waals surface area contributed by atoms with Crippen molar-refractivity contribution in [2.75, 3.05) is 6.54 Å². The van der Waals surface area contributed by atoms with Crippen molar-refractivity contribution in [1.82, 2.24) is 15.1 Å². The molecule has 1 aliphatic rings. The van der Waals surface area contributed by atoms with Crippen LogP contribution < -0.4 is 0 Å². The van der Waals surface area contributed by atoms with Crippen molar-refractivity contribution in [3.8, 4) is 11.5 Å². The summed E-state index contributed by atoms with van der Waals surface area (Å²) in [4.78, 5) is 2.38. The number of H-pyrrole nitrogens is 1. The van der Waals surface area contributed by atoms with E-state index in [-0.39, 0.29) is 0 Å². The minimum Gasteiger partial charge on any atom is -0.467 e. The van der Waals surface area contributed by atoms with Crippen LogP contribution in [0.4, 0.5) is 0 Å². The van der Waals surface area contributed by atoms with Crippen molar-refractivity contribution in [1.29, 1.82) is 0 Å². The molecule has 0 aromatic carbocycles. The lowest BCUT2D eigenvalue weighted by Gasteiger charge is -2.25. The van der Waals surface area contributed by atoms with Crippen LogP contribution in [0.5, 0.6) is 0 Å². The van der Waals surface area contributed by atoms with Gasteiger partial charge in [-0.15, -0.1) is 0 Å². The Hall–Kier alpha value is -2.31. The summed E-state index contributed by atoms with van der Waals surface area (Å²) in [5.74, 6) is 2.37. The summed E-state index contributed by atoms with van der Waals surface area (Å²) in [6.45, 7) is 1.78. The molecule has 1 aliphatic heterocycles. The number of aliphatic hydroxyl groups is 1. The van der Waals surface area contributed by atoms with Crippen molar-refractivity contribution in [3.05, 3.63) is 54.3 Å². The van der Waals surface area contributed by atoms with E-state index in [9.17, 15) is 5.11 Å². The molecule has 4 rings (SSSR count). The van der Waals surface area contributed by atoms with Gasteiger partial charge in [-0.3, -0.25) is 10.00 Å². The Bertz CT molecular complexity index is 748. The molecule has 6 heteroatoms. The first-order chi connectivity index (χ1) is 11.8. The summed E-state index contributed by atoms with van der Waals surface area (Å²) in [6.07, 6.45) is 5.68. The van der Waals surface area contributed by atoms with Gasteiger partial charge in [-0.25, -0.2) is 0 Å².